The third-order valence-electron chi connectivity index (χ3n) is 7.02. The molecule has 4 aromatic carbocycles. The Hall–Kier alpha value is -4.15. The van der Waals surface area contributed by atoms with Crippen LogP contribution in [-0.4, -0.2) is 23.7 Å². The van der Waals surface area contributed by atoms with Gasteiger partial charge in [0.15, 0.2) is 11.6 Å². The topological polar surface area (TPSA) is 59.2 Å². The molecule has 0 aliphatic heterocycles. The van der Waals surface area contributed by atoms with Crippen molar-refractivity contribution in [3.63, 3.8) is 0 Å². The predicted molar refractivity (Wildman–Crippen MR) is 142 cm³/mol. The van der Waals surface area contributed by atoms with E-state index in [1.54, 1.807) is 31.4 Å². The minimum atomic E-state index is -0.875. The summed E-state index contributed by atoms with van der Waals surface area (Å²) >= 11 is 6.23. The van der Waals surface area contributed by atoms with E-state index in [-0.39, 0.29) is 11.6 Å². The zero-order chi connectivity index (χ0) is 24.8. The van der Waals surface area contributed by atoms with Gasteiger partial charge in [-0.25, -0.2) is 0 Å². The maximum absolute atomic E-state index is 13.8. The van der Waals surface area contributed by atoms with Gasteiger partial charge in [-0.3, -0.25) is 9.59 Å². The molecule has 1 aliphatic carbocycles. The number of H-pyrrole nitrogens is 1. The highest BCUT2D eigenvalue weighted by Crippen LogP contribution is 2.46. The minimum absolute atomic E-state index is 0.151. The van der Waals surface area contributed by atoms with Gasteiger partial charge in [0, 0.05) is 33.0 Å². The van der Waals surface area contributed by atoms with Crippen LogP contribution in [0.4, 0.5) is 0 Å². The van der Waals surface area contributed by atoms with Gasteiger partial charge in [0.05, 0.1) is 18.7 Å². The van der Waals surface area contributed by atoms with Gasteiger partial charge >= 0.3 is 0 Å². The van der Waals surface area contributed by atoms with Crippen LogP contribution in [0.3, 0.4) is 0 Å². The number of para-hydroxylation sites is 1. The van der Waals surface area contributed by atoms with Gasteiger partial charge in [-0.05, 0) is 59.2 Å². The number of aromatic nitrogens is 1. The van der Waals surface area contributed by atoms with E-state index < -0.39 is 11.8 Å². The van der Waals surface area contributed by atoms with E-state index in [1.807, 2.05) is 72.8 Å². The van der Waals surface area contributed by atoms with Crippen LogP contribution >= 0.6 is 11.6 Å². The Morgan fingerprint density at radius 1 is 0.778 bits per heavy atom. The van der Waals surface area contributed by atoms with E-state index in [9.17, 15) is 9.59 Å². The summed E-state index contributed by atoms with van der Waals surface area (Å²) in [6.07, 6.45) is 0. The van der Waals surface area contributed by atoms with Crippen molar-refractivity contribution in [1.82, 2.24) is 4.98 Å². The number of nitrogens with one attached hydrogen (secondary N) is 1. The summed E-state index contributed by atoms with van der Waals surface area (Å²) in [6, 6.07) is 30.3. The average Bonchev–Trinajstić information content (AvgIpc) is 3.42. The van der Waals surface area contributed by atoms with Gasteiger partial charge in [0.25, 0.3) is 0 Å². The molecule has 1 atom stereocenters. The zero-order valence-corrected chi connectivity index (χ0v) is 20.3. The third-order valence-corrected chi connectivity index (χ3v) is 7.27. The van der Waals surface area contributed by atoms with Crippen molar-refractivity contribution in [2.75, 3.05) is 7.11 Å². The number of hydrogen-bond acceptors (Lipinski definition) is 3. The highest BCUT2D eigenvalue weighted by molar-refractivity contribution is 6.30. The summed E-state index contributed by atoms with van der Waals surface area (Å²) in [5.41, 5.74) is 5.49. The summed E-state index contributed by atoms with van der Waals surface area (Å²) in [4.78, 5) is 31.1. The summed E-state index contributed by atoms with van der Waals surface area (Å²) in [7, 11) is 1.63. The largest absolute Gasteiger partial charge is 0.497 e. The number of rotatable bonds is 5. The number of ether oxygens (including phenoxy) is 1. The van der Waals surface area contributed by atoms with Gasteiger partial charge in [-0.1, -0.05) is 66.2 Å². The van der Waals surface area contributed by atoms with E-state index >= 15 is 0 Å². The summed E-state index contributed by atoms with van der Waals surface area (Å²) < 4.78 is 5.36. The lowest BCUT2D eigenvalue weighted by Crippen LogP contribution is -2.25. The maximum Gasteiger partial charge on any atom is 0.175 e. The number of fused-ring (bicyclic) bond motifs is 2. The highest BCUT2D eigenvalue weighted by Gasteiger charge is 2.45. The van der Waals surface area contributed by atoms with Gasteiger partial charge in [-0.15, -0.1) is 0 Å². The molecule has 0 fully saturated rings. The van der Waals surface area contributed by atoms with Crippen LogP contribution in [-0.2, 0) is 0 Å². The van der Waals surface area contributed by atoms with Crippen LogP contribution in [0.25, 0.3) is 22.2 Å². The molecule has 36 heavy (non-hydrogen) atoms. The number of benzene rings is 4. The fraction of sp³-hybridized carbons (Fsp3) is 0.0968. The Morgan fingerprint density at radius 3 is 2.03 bits per heavy atom. The van der Waals surface area contributed by atoms with Gasteiger partial charge in [0.1, 0.15) is 5.75 Å². The molecular weight excluding hydrogens is 470 g/mol. The molecule has 0 saturated heterocycles. The van der Waals surface area contributed by atoms with Crippen molar-refractivity contribution >= 4 is 34.1 Å². The number of carbonyl (C=O) groups is 2. The number of halogens is 1. The quantitative estimate of drug-likeness (QED) is 0.262. The smallest absolute Gasteiger partial charge is 0.175 e. The lowest BCUT2D eigenvalue weighted by atomic mass is 9.76. The second-order valence-electron chi connectivity index (χ2n) is 8.97. The van der Waals surface area contributed by atoms with Crippen LogP contribution in [0.15, 0.2) is 97.1 Å². The molecule has 1 aromatic heterocycles. The lowest BCUT2D eigenvalue weighted by molar-refractivity contribution is 0.0825. The van der Waals surface area contributed by atoms with Gasteiger partial charge in [0.2, 0.25) is 0 Å². The monoisotopic (exact) mass is 491 g/mol. The van der Waals surface area contributed by atoms with Crippen LogP contribution in [0.2, 0.25) is 5.02 Å². The molecule has 6 rings (SSSR count). The number of ketones is 2. The van der Waals surface area contributed by atoms with Crippen molar-refractivity contribution in [2.45, 2.75) is 5.92 Å². The van der Waals surface area contributed by atoms with Gasteiger partial charge in [-0.2, -0.15) is 0 Å². The predicted octanol–water partition coefficient (Wildman–Crippen LogP) is 7.32. The number of carbonyl (C=O) groups excluding carboxylic acids is 2. The molecule has 5 aromatic rings. The molecule has 1 aliphatic rings. The van der Waals surface area contributed by atoms with Crippen molar-refractivity contribution in [3.05, 3.63) is 124 Å². The Labute approximate surface area is 213 Å². The Kier molecular flexibility index (Phi) is 5.46. The van der Waals surface area contributed by atoms with Crippen molar-refractivity contribution < 1.29 is 14.3 Å². The molecule has 0 saturated carbocycles. The molecule has 0 radical (unpaired) electrons. The maximum atomic E-state index is 13.8. The molecular formula is C31H22ClNO3. The van der Waals surface area contributed by atoms with Crippen LogP contribution in [0, 0.1) is 5.92 Å². The molecule has 1 heterocycles. The molecule has 0 amide bonds. The molecule has 1 unspecified atom stereocenters. The first kappa shape index (κ1) is 22.3. The van der Waals surface area contributed by atoms with E-state index in [0.29, 0.717) is 16.1 Å². The first-order valence-corrected chi connectivity index (χ1v) is 12.1. The number of Topliss-reactive ketones (excluding diaryl/α,β-unsaturated/α-hetero) is 2. The SMILES string of the molecule is COc1ccc(-c2[nH]c3ccccc3c2C(c2ccc(Cl)cc2)C2C(=O)c3ccccc3C2=O)cc1. The molecule has 0 bridgehead atoms. The summed E-state index contributed by atoms with van der Waals surface area (Å²) in [5, 5.41) is 1.57. The number of methoxy groups -OCH3 is 1. The standard InChI is InChI=1S/C31H22ClNO3/c1-36-21-16-12-19(13-17-21)29-27(24-8-4-5-9-25(24)33-29)26(18-10-14-20(32)15-11-18)28-30(34)22-6-2-3-7-23(22)31(28)35/h2-17,26,28,33H,1H3. The van der Waals surface area contributed by atoms with E-state index in [2.05, 4.69) is 4.98 Å². The molecule has 176 valence electrons. The molecule has 1 N–H and O–H groups in total. The Balaban J connectivity index is 1.63. The van der Waals surface area contributed by atoms with Gasteiger partial charge < -0.3 is 9.72 Å². The first-order valence-electron chi connectivity index (χ1n) is 11.7. The minimum Gasteiger partial charge on any atom is -0.497 e. The number of hydrogen-bond donors (Lipinski definition) is 1. The van der Waals surface area contributed by atoms with E-state index in [1.165, 1.54) is 0 Å². The highest BCUT2D eigenvalue weighted by atomic mass is 35.5. The average molecular weight is 492 g/mol. The normalized spacial score (nSPS) is 14.3. The Morgan fingerprint density at radius 2 is 1.39 bits per heavy atom. The first-order chi connectivity index (χ1) is 17.6. The van der Waals surface area contributed by atoms with Crippen molar-refractivity contribution in [3.8, 4) is 17.0 Å². The van der Waals surface area contributed by atoms with Crippen LogP contribution in [0.5, 0.6) is 5.75 Å². The Bertz CT molecular complexity index is 1580. The zero-order valence-electron chi connectivity index (χ0n) is 19.5. The fourth-order valence-electron chi connectivity index (χ4n) is 5.34. The number of aromatic amines is 1. The van der Waals surface area contributed by atoms with Crippen molar-refractivity contribution in [1.29, 1.82) is 0 Å². The van der Waals surface area contributed by atoms with E-state index in [0.717, 1.165) is 39.0 Å². The van der Waals surface area contributed by atoms with Crippen LogP contribution < -0.4 is 4.74 Å². The fourth-order valence-corrected chi connectivity index (χ4v) is 5.46. The molecule has 4 nitrogen and oxygen atoms in total. The van der Waals surface area contributed by atoms with E-state index in [4.69, 9.17) is 16.3 Å². The summed E-state index contributed by atoms with van der Waals surface area (Å²) in [5.74, 6) is -0.937. The van der Waals surface area contributed by atoms with Crippen LogP contribution in [0.1, 0.15) is 37.8 Å². The second kappa shape index (κ2) is 8.81. The molecule has 5 heteroatoms. The third kappa shape index (κ3) is 3.53. The van der Waals surface area contributed by atoms with Crippen molar-refractivity contribution in [2.24, 2.45) is 5.92 Å². The second-order valence-corrected chi connectivity index (χ2v) is 9.41. The lowest BCUT2D eigenvalue weighted by Gasteiger charge is -2.24. The molecule has 0 spiro atoms. The summed E-state index contributed by atoms with van der Waals surface area (Å²) in [6.45, 7) is 0.